The van der Waals surface area contributed by atoms with E-state index in [4.69, 9.17) is 27.9 Å². The summed E-state index contributed by atoms with van der Waals surface area (Å²) in [5.74, 6) is -0.271. The summed E-state index contributed by atoms with van der Waals surface area (Å²) in [5.41, 5.74) is 0.391. The molecule has 0 fully saturated rings. The number of anilines is 1. The minimum absolute atomic E-state index is 0.0520. The Morgan fingerprint density at radius 3 is 2.58 bits per heavy atom. The number of pyridine rings is 1. The van der Waals surface area contributed by atoms with Gasteiger partial charge in [0.2, 0.25) is 5.88 Å². The Balaban J connectivity index is 2.31. The molecule has 0 unspecified atom stereocenters. The maximum atomic E-state index is 12.1. The largest absolute Gasteiger partial charge is 0.480 e. The van der Waals surface area contributed by atoms with Crippen molar-refractivity contribution >= 4 is 34.8 Å². The summed E-state index contributed by atoms with van der Waals surface area (Å²) in [6.45, 7) is 0. The molecule has 0 aliphatic heterocycles. The van der Waals surface area contributed by atoms with Crippen LogP contribution in [0.5, 0.6) is 5.88 Å². The summed E-state index contributed by atoms with van der Waals surface area (Å²) < 4.78 is 5.00. The topological polar surface area (TPSA) is 77.0 Å². The van der Waals surface area contributed by atoms with Gasteiger partial charge in [-0.1, -0.05) is 23.2 Å². The molecule has 6 nitrogen and oxygen atoms in total. The molecule has 98 valence electrons. The van der Waals surface area contributed by atoms with E-state index in [0.717, 1.165) is 0 Å². The van der Waals surface area contributed by atoms with Gasteiger partial charge in [-0.25, -0.2) is 15.0 Å². The molecule has 2 aromatic rings. The van der Waals surface area contributed by atoms with Crippen LogP contribution in [0, 0.1) is 0 Å². The normalized spacial score (nSPS) is 10.1. The Bertz CT molecular complexity index is 601. The van der Waals surface area contributed by atoms with Crippen LogP contribution in [0.15, 0.2) is 24.7 Å². The van der Waals surface area contributed by atoms with E-state index in [9.17, 15) is 4.79 Å². The van der Waals surface area contributed by atoms with Crippen molar-refractivity contribution in [2.45, 2.75) is 0 Å². The van der Waals surface area contributed by atoms with Gasteiger partial charge in [-0.2, -0.15) is 0 Å². The molecule has 2 heterocycles. The third-order valence-corrected chi connectivity index (χ3v) is 2.78. The average molecular weight is 299 g/mol. The Morgan fingerprint density at radius 1 is 1.26 bits per heavy atom. The first-order chi connectivity index (χ1) is 9.13. The number of nitrogens with one attached hydrogen (secondary N) is 1. The molecule has 19 heavy (non-hydrogen) atoms. The maximum absolute atomic E-state index is 12.1. The minimum atomic E-state index is -0.469. The Labute approximate surface area is 118 Å². The number of aromatic nitrogens is 3. The highest BCUT2D eigenvalue weighted by Crippen LogP contribution is 2.27. The molecular weight excluding hydrogens is 291 g/mol. The van der Waals surface area contributed by atoms with Gasteiger partial charge in [0.15, 0.2) is 10.3 Å². The number of carbonyl (C=O) groups is 1. The molecule has 0 aliphatic rings. The molecule has 0 saturated carbocycles. The van der Waals surface area contributed by atoms with Crippen molar-refractivity contribution in [3.63, 3.8) is 0 Å². The highest BCUT2D eigenvalue weighted by molar-refractivity contribution is 6.38. The molecule has 0 atom stereocenters. The number of ether oxygens (including phenoxy) is 1. The molecule has 2 aromatic heterocycles. The zero-order chi connectivity index (χ0) is 13.8. The lowest BCUT2D eigenvalue weighted by molar-refractivity contribution is 0.102. The van der Waals surface area contributed by atoms with Crippen LogP contribution in [0.25, 0.3) is 0 Å². The van der Waals surface area contributed by atoms with Crippen LogP contribution < -0.4 is 10.1 Å². The highest BCUT2D eigenvalue weighted by Gasteiger charge is 2.17. The Kier molecular flexibility index (Phi) is 4.13. The molecule has 8 heteroatoms. The smallest absolute Gasteiger partial charge is 0.261 e. The fraction of sp³-hybridized carbons (Fsp3) is 0.0909. The van der Waals surface area contributed by atoms with Crippen molar-refractivity contribution in [1.29, 1.82) is 0 Å². The Hall–Kier alpha value is -1.92. The van der Waals surface area contributed by atoms with Crippen LogP contribution >= 0.6 is 23.2 Å². The molecule has 1 amide bonds. The first-order valence-electron chi connectivity index (χ1n) is 5.10. The first-order valence-corrected chi connectivity index (χ1v) is 5.85. The predicted molar refractivity (Wildman–Crippen MR) is 70.8 cm³/mol. The predicted octanol–water partition coefficient (Wildman–Crippen LogP) is 2.44. The number of methoxy groups -OCH3 is 1. The molecule has 2 rings (SSSR count). The maximum Gasteiger partial charge on any atom is 0.261 e. The van der Waals surface area contributed by atoms with Crippen LogP contribution in [-0.2, 0) is 0 Å². The van der Waals surface area contributed by atoms with Crippen molar-refractivity contribution in [3.8, 4) is 5.88 Å². The van der Waals surface area contributed by atoms with Gasteiger partial charge in [-0.3, -0.25) is 4.79 Å². The van der Waals surface area contributed by atoms with E-state index in [2.05, 4.69) is 20.3 Å². The van der Waals surface area contributed by atoms with Crippen molar-refractivity contribution in [3.05, 3.63) is 40.5 Å². The van der Waals surface area contributed by atoms with Crippen LogP contribution in [-0.4, -0.2) is 28.0 Å². The molecule has 0 saturated heterocycles. The van der Waals surface area contributed by atoms with Gasteiger partial charge >= 0.3 is 0 Å². The van der Waals surface area contributed by atoms with Crippen molar-refractivity contribution in [1.82, 2.24) is 15.0 Å². The zero-order valence-electron chi connectivity index (χ0n) is 9.72. The van der Waals surface area contributed by atoms with Crippen molar-refractivity contribution < 1.29 is 9.53 Å². The standard InChI is InChI=1S/C11H8Cl2N4O2/c1-19-11-6(3-2-4-14-11)10(18)17-7-8(12)15-5-16-9(7)13/h2-5H,1H3,(H,17,18). The number of hydrogen-bond acceptors (Lipinski definition) is 5. The minimum Gasteiger partial charge on any atom is -0.480 e. The summed E-state index contributed by atoms with van der Waals surface area (Å²) in [6.07, 6.45) is 2.71. The molecule has 0 aromatic carbocycles. The number of halogens is 2. The van der Waals surface area contributed by atoms with Crippen LogP contribution in [0.3, 0.4) is 0 Å². The number of carbonyl (C=O) groups excluding carboxylic acids is 1. The van der Waals surface area contributed by atoms with Gasteiger partial charge in [0.05, 0.1) is 7.11 Å². The third kappa shape index (κ3) is 2.91. The lowest BCUT2D eigenvalue weighted by Gasteiger charge is -2.09. The lowest BCUT2D eigenvalue weighted by atomic mass is 10.2. The van der Waals surface area contributed by atoms with E-state index < -0.39 is 5.91 Å². The molecule has 0 bridgehead atoms. The summed E-state index contributed by atoms with van der Waals surface area (Å²) in [7, 11) is 1.42. The quantitative estimate of drug-likeness (QED) is 0.881. The summed E-state index contributed by atoms with van der Waals surface area (Å²) >= 11 is 11.7. The van der Waals surface area contributed by atoms with Crippen molar-refractivity contribution in [2.75, 3.05) is 12.4 Å². The van der Waals surface area contributed by atoms with Gasteiger partial charge in [0, 0.05) is 6.20 Å². The van der Waals surface area contributed by atoms with E-state index in [1.807, 2.05) is 0 Å². The van der Waals surface area contributed by atoms with Crippen LogP contribution in [0.4, 0.5) is 5.69 Å². The van der Waals surface area contributed by atoms with E-state index in [0.29, 0.717) is 0 Å². The van der Waals surface area contributed by atoms with E-state index in [1.165, 1.54) is 19.6 Å². The van der Waals surface area contributed by atoms with Gasteiger partial charge in [-0.15, -0.1) is 0 Å². The second-order valence-electron chi connectivity index (χ2n) is 3.34. The number of hydrogen-bond donors (Lipinski definition) is 1. The first kappa shape index (κ1) is 13.5. The van der Waals surface area contributed by atoms with Gasteiger partial charge in [0.1, 0.15) is 17.6 Å². The van der Waals surface area contributed by atoms with Gasteiger partial charge in [0.25, 0.3) is 5.91 Å². The highest BCUT2D eigenvalue weighted by atomic mass is 35.5. The summed E-state index contributed by atoms with van der Waals surface area (Å²) in [5, 5.41) is 2.63. The van der Waals surface area contributed by atoms with Crippen molar-refractivity contribution in [2.24, 2.45) is 0 Å². The number of nitrogens with zero attached hydrogens (tertiary/aromatic N) is 3. The van der Waals surface area contributed by atoms with Crippen LogP contribution in [0.2, 0.25) is 10.3 Å². The lowest BCUT2D eigenvalue weighted by Crippen LogP contribution is -2.15. The third-order valence-electron chi connectivity index (χ3n) is 2.20. The average Bonchev–Trinajstić information content (AvgIpc) is 2.42. The zero-order valence-corrected chi connectivity index (χ0v) is 11.2. The SMILES string of the molecule is COc1ncccc1C(=O)Nc1c(Cl)ncnc1Cl. The van der Waals surface area contributed by atoms with Gasteiger partial charge in [-0.05, 0) is 12.1 Å². The second kappa shape index (κ2) is 5.81. The number of amides is 1. The fourth-order valence-electron chi connectivity index (χ4n) is 1.35. The second-order valence-corrected chi connectivity index (χ2v) is 4.06. The molecule has 1 N–H and O–H groups in total. The molecule has 0 aliphatic carbocycles. The molecule has 0 radical (unpaired) electrons. The molecule has 0 spiro atoms. The Morgan fingerprint density at radius 2 is 1.95 bits per heavy atom. The summed E-state index contributed by atoms with van der Waals surface area (Å²) in [6, 6.07) is 3.18. The monoisotopic (exact) mass is 298 g/mol. The van der Waals surface area contributed by atoms with E-state index in [1.54, 1.807) is 12.1 Å². The summed E-state index contributed by atoms with van der Waals surface area (Å²) in [4.78, 5) is 23.5. The van der Waals surface area contributed by atoms with E-state index in [-0.39, 0.29) is 27.4 Å². The van der Waals surface area contributed by atoms with Crippen LogP contribution in [0.1, 0.15) is 10.4 Å². The number of rotatable bonds is 3. The van der Waals surface area contributed by atoms with E-state index >= 15 is 0 Å². The van der Waals surface area contributed by atoms with Gasteiger partial charge < -0.3 is 10.1 Å². The fourth-order valence-corrected chi connectivity index (χ4v) is 1.76. The molecular formula is C11H8Cl2N4O2.